The van der Waals surface area contributed by atoms with Crippen molar-refractivity contribution in [3.63, 3.8) is 0 Å². The van der Waals surface area contributed by atoms with Gasteiger partial charge in [-0.1, -0.05) is 66.7 Å². The molecule has 0 unspecified atom stereocenters. The third-order valence-electron chi connectivity index (χ3n) is 5.85. The van der Waals surface area contributed by atoms with Crippen molar-refractivity contribution in [1.82, 2.24) is 9.80 Å². The van der Waals surface area contributed by atoms with Gasteiger partial charge >= 0.3 is 0 Å². The summed E-state index contributed by atoms with van der Waals surface area (Å²) in [4.78, 5) is 5.14. The van der Waals surface area contributed by atoms with Gasteiger partial charge in [-0.05, 0) is 28.8 Å². The number of ether oxygens (including phenoxy) is 2. The second kappa shape index (κ2) is 9.52. The molecule has 3 aromatic rings. The molecule has 1 fully saturated rings. The normalized spacial score (nSPS) is 16.4. The molecule has 2 aliphatic rings. The van der Waals surface area contributed by atoms with Crippen molar-refractivity contribution in [3.8, 4) is 11.5 Å². The maximum Gasteiger partial charge on any atom is 0.231 e. The zero-order chi connectivity index (χ0) is 19.5. The van der Waals surface area contributed by atoms with Crippen molar-refractivity contribution in [2.75, 3.05) is 33.0 Å². The van der Waals surface area contributed by atoms with Gasteiger partial charge in [0.15, 0.2) is 11.5 Å². The molecule has 0 amide bonds. The zero-order valence-corrected chi connectivity index (χ0v) is 17.8. The van der Waals surface area contributed by atoms with Crippen LogP contribution in [0.1, 0.15) is 22.7 Å². The Bertz CT molecular complexity index is 904. The van der Waals surface area contributed by atoms with Gasteiger partial charge in [-0.2, -0.15) is 0 Å². The fraction of sp³-hybridized carbons (Fsp3) is 0.280. The van der Waals surface area contributed by atoms with Crippen molar-refractivity contribution >= 4 is 12.4 Å². The molecule has 0 atom stereocenters. The Morgan fingerprint density at radius 1 is 0.700 bits per heavy atom. The maximum atomic E-state index is 5.53. The van der Waals surface area contributed by atoms with Crippen LogP contribution in [0.25, 0.3) is 0 Å². The lowest BCUT2D eigenvalue weighted by atomic mass is 9.96. The van der Waals surface area contributed by atoms with Crippen molar-refractivity contribution in [2.24, 2.45) is 0 Å². The Kier molecular flexibility index (Phi) is 6.58. The molecule has 2 heterocycles. The molecule has 3 aromatic carbocycles. The highest BCUT2D eigenvalue weighted by molar-refractivity contribution is 5.85. The zero-order valence-electron chi connectivity index (χ0n) is 16.9. The molecule has 4 nitrogen and oxygen atoms in total. The van der Waals surface area contributed by atoms with E-state index in [1.54, 1.807) is 0 Å². The molecule has 0 aliphatic carbocycles. The molecule has 2 aliphatic heterocycles. The molecular weight excluding hydrogens is 396 g/mol. The Morgan fingerprint density at radius 3 is 1.93 bits per heavy atom. The standard InChI is InChI=1S/C25H26N2O2.ClH/c1-3-7-21(8-4-1)25(22-9-5-2-6-10-22)27-15-13-26(14-16-27)18-20-11-12-23-24(17-20)29-19-28-23;/h1-12,17,25H,13-16,18-19H2;1H. The van der Waals surface area contributed by atoms with Crippen molar-refractivity contribution < 1.29 is 9.47 Å². The van der Waals surface area contributed by atoms with Crippen LogP contribution >= 0.6 is 12.4 Å². The van der Waals surface area contributed by atoms with Crippen molar-refractivity contribution in [2.45, 2.75) is 12.6 Å². The Morgan fingerprint density at radius 2 is 1.30 bits per heavy atom. The first-order valence-corrected chi connectivity index (χ1v) is 10.3. The summed E-state index contributed by atoms with van der Waals surface area (Å²) in [6, 6.07) is 28.3. The summed E-state index contributed by atoms with van der Waals surface area (Å²) in [6.45, 7) is 5.51. The van der Waals surface area contributed by atoms with Gasteiger partial charge in [0.25, 0.3) is 0 Å². The van der Waals surface area contributed by atoms with Crippen LogP contribution in [0.15, 0.2) is 78.9 Å². The van der Waals surface area contributed by atoms with E-state index in [0.29, 0.717) is 12.8 Å². The van der Waals surface area contributed by atoms with Gasteiger partial charge < -0.3 is 9.47 Å². The van der Waals surface area contributed by atoms with Gasteiger partial charge in [-0.3, -0.25) is 9.80 Å². The molecule has 1 saturated heterocycles. The van der Waals surface area contributed by atoms with Crippen LogP contribution in [0.2, 0.25) is 0 Å². The lowest BCUT2D eigenvalue weighted by Crippen LogP contribution is -2.47. The molecule has 5 heteroatoms. The predicted octanol–water partition coefficient (Wildman–Crippen LogP) is 4.74. The molecule has 0 aromatic heterocycles. The van der Waals surface area contributed by atoms with Crippen LogP contribution in [0.4, 0.5) is 0 Å². The largest absolute Gasteiger partial charge is 0.454 e. The summed E-state index contributed by atoms with van der Waals surface area (Å²) < 4.78 is 11.0. The molecule has 0 spiro atoms. The molecule has 0 radical (unpaired) electrons. The van der Waals surface area contributed by atoms with Crippen LogP contribution in [0.3, 0.4) is 0 Å². The summed E-state index contributed by atoms with van der Waals surface area (Å²) in [5.74, 6) is 1.72. The van der Waals surface area contributed by atoms with E-state index in [1.807, 2.05) is 6.07 Å². The van der Waals surface area contributed by atoms with Gasteiger partial charge in [-0.15, -0.1) is 12.4 Å². The molecular formula is C25H27ClN2O2. The SMILES string of the molecule is Cl.c1ccc(C(c2ccccc2)N2CCN(Cc3ccc4c(c3)OCO4)CC2)cc1. The fourth-order valence-corrected chi connectivity index (χ4v) is 4.36. The first-order chi connectivity index (χ1) is 14.4. The first-order valence-electron chi connectivity index (χ1n) is 10.3. The van der Waals surface area contributed by atoms with Gasteiger partial charge in [0.2, 0.25) is 6.79 Å². The second-order valence-electron chi connectivity index (χ2n) is 7.72. The molecule has 0 N–H and O–H groups in total. The van der Waals surface area contributed by atoms with E-state index in [9.17, 15) is 0 Å². The van der Waals surface area contributed by atoms with E-state index in [4.69, 9.17) is 9.47 Å². The number of benzene rings is 3. The summed E-state index contributed by atoms with van der Waals surface area (Å²) in [5.41, 5.74) is 4.01. The third kappa shape index (κ3) is 4.46. The first kappa shape index (κ1) is 20.7. The van der Waals surface area contributed by atoms with E-state index in [1.165, 1.54) is 16.7 Å². The lowest BCUT2D eigenvalue weighted by molar-refractivity contribution is 0.105. The molecule has 156 valence electrons. The third-order valence-corrected chi connectivity index (χ3v) is 5.85. The molecule has 5 rings (SSSR count). The maximum absolute atomic E-state index is 5.53. The summed E-state index contributed by atoms with van der Waals surface area (Å²) in [7, 11) is 0. The topological polar surface area (TPSA) is 24.9 Å². The van der Waals surface area contributed by atoms with Gasteiger partial charge in [0.1, 0.15) is 0 Å². The van der Waals surface area contributed by atoms with E-state index in [-0.39, 0.29) is 12.4 Å². The number of fused-ring (bicyclic) bond motifs is 1. The monoisotopic (exact) mass is 422 g/mol. The van der Waals surface area contributed by atoms with Crippen molar-refractivity contribution in [1.29, 1.82) is 0 Å². The van der Waals surface area contributed by atoms with Crippen LogP contribution in [-0.4, -0.2) is 42.8 Å². The van der Waals surface area contributed by atoms with Gasteiger partial charge in [0.05, 0.1) is 6.04 Å². The molecule has 0 bridgehead atoms. The van der Waals surface area contributed by atoms with E-state index < -0.39 is 0 Å². The minimum atomic E-state index is 0. The fourth-order valence-electron chi connectivity index (χ4n) is 4.36. The summed E-state index contributed by atoms with van der Waals surface area (Å²) >= 11 is 0. The van der Waals surface area contributed by atoms with E-state index in [2.05, 4.69) is 82.6 Å². The average molecular weight is 423 g/mol. The summed E-state index contributed by atoms with van der Waals surface area (Å²) in [5, 5.41) is 0. The van der Waals surface area contributed by atoms with E-state index in [0.717, 1.165) is 44.2 Å². The van der Waals surface area contributed by atoms with Gasteiger partial charge in [-0.25, -0.2) is 0 Å². The Balaban J connectivity index is 0.00000218. The number of hydrogen-bond donors (Lipinski definition) is 0. The second-order valence-corrected chi connectivity index (χ2v) is 7.72. The molecule has 0 saturated carbocycles. The average Bonchev–Trinajstić information content (AvgIpc) is 3.25. The Hall–Kier alpha value is -2.53. The van der Waals surface area contributed by atoms with Crippen LogP contribution in [-0.2, 0) is 6.54 Å². The molecule has 30 heavy (non-hydrogen) atoms. The number of nitrogens with zero attached hydrogens (tertiary/aromatic N) is 2. The van der Waals surface area contributed by atoms with Crippen LogP contribution < -0.4 is 9.47 Å². The van der Waals surface area contributed by atoms with Gasteiger partial charge in [0, 0.05) is 32.7 Å². The minimum absolute atomic E-state index is 0. The number of piperazine rings is 1. The van der Waals surface area contributed by atoms with Crippen LogP contribution in [0, 0.1) is 0 Å². The highest BCUT2D eigenvalue weighted by Crippen LogP contribution is 2.33. The quantitative estimate of drug-likeness (QED) is 0.592. The smallest absolute Gasteiger partial charge is 0.231 e. The number of hydrogen-bond acceptors (Lipinski definition) is 4. The van der Waals surface area contributed by atoms with Crippen LogP contribution in [0.5, 0.6) is 11.5 Å². The summed E-state index contributed by atoms with van der Waals surface area (Å²) in [6.07, 6.45) is 0. The Labute approximate surface area is 184 Å². The lowest BCUT2D eigenvalue weighted by Gasteiger charge is -2.39. The van der Waals surface area contributed by atoms with Crippen molar-refractivity contribution in [3.05, 3.63) is 95.6 Å². The number of rotatable bonds is 5. The minimum Gasteiger partial charge on any atom is -0.454 e. The predicted molar refractivity (Wildman–Crippen MR) is 121 cm³/mol. The highest BCUT2D eigenvalue weighted by Gasteiger charge is 2.26. The number of halogens is 1. The highest BCUT2D eigenvalue weighted by atomic mass is 35.5. The van der Waals surface area contributed by atoms with E-state index >= 15 is 0 Å².